The Bertz CT molecular complexity index is 883. The summed E-state index contributed by atoms with van der Waals surface area (Å²) in [6, 6.07) is 13.7. The minimum atomic E-state index is -0.339. The van der Waals surface area contributed by atoms with Gasteiger partial charge in [0.1, 0.15) is 11.6 Å². The molecule has 3 rings (SSSR count). The van der Waals surface area contributed by atoms with Crippen molar-refractivity contribution >= 4 is 34.7 Å². The van der Waals surface area contributed by atoms with E-state index in [0.29, 0.717) is 22.5 Å². The quantitative estimate of drug-likeness (QED) is 0.669. The lowest BCUT2D eigenvalue weighted by Crippen LogP contribution is -2.04. The highest BCUT2D eigenvalue weighted by Gasteiger charge is 2.07. The highest BCUT2D eigenvalue weighted by molar-refractivity contribution is 6.30. The monoisotopic (exact) mass is 342 g/mol. The van der Waals surface area contributed by atoms with Crippen molar-refractivity contribution in [3.63, 3.8) is 0 Å². The van der Waals surface area contributed by atoms with Gasteiger partial charge in [-0.05, 0) is 43.7 Å². The lowest BCUT2D eigenvalue weighted by Gasteiger charge is -2.12. The second-order valence-electron chi connectivity index (χ2n) is 5.41. The molecule has 0 spiro atoms. The number of nitrogens with one attached hydrogen (secondary N) is 2. The zero-order valence-corrected chi connectivity index (χ0v) is 14.0. The van der Waals surface area contributed by atoms with Crippen molar-refractivity contribution in [2.45, 2.75) is 13.8 Å². The number of aryl methyl sites for hydroxylation is 2. The predicted molar refractivity (Wildman–Crippen MR) is 95.9 cm³/mol. The average Bonchev–Trinajstić information content (AvgIpc) is 2.53. The van der Waals surface area contributed by atoms with Gasteiger partial charge in [0.05, 0.1) is 5.69 Å². The molecule has 0 fully saturated rings. The number of benzene rings is 2. The third kappa shape index (κ3) is 3.81. The second kappa shape index (κ2) is 6.84. The van der Waals surface area contributed by atoms with Gasteiger partial charge in [-0.15, -0.1) is 0 Å². The molecule has 2 aromatic carbocycles. The van der Waals surface area contributed by atoms with Crippen LogP contribution in [0.15, 0.2) is 48.5 Å². The Balaban J connectivity index is 1.89. The van der Waals surface area contributed by atoms with Gasteiger partial charge in [0.2, 0.25) is 5.95 Å². The van der Waals surface area contributed by atoms with Gasteiger partial charge in [-0.2, -0.15) is 4.98 Å². The predicted octanol–water partition coefficient (Wildman–Crippen LogP) is 5.37. The summed E-state index contributed by atoms with van der Waals surface area (Å²) in [4.78, 5) is 8.76. The molecule has 0 aliphatic heterocycles. The third-order valence-corrected chi connectivity index (χ3v) is 3.67. The van der Waals surface area contributed by atoms with Crippen LogP contribution in [0.3, 0.4) is 0 Å². The van der Waals surface area contributed by atoms with Crippen molar-refractivity contribution in [2.75, 3.05) is 10.6 Å². The van der Waals surface area contributed by atoms with E-state index in [-0.39, 0.29) is 5.82 Å². The minimum absolute atomic E-state index is 0.339. The number of halogens is 2. The average molecular weight is 343 g/mol. The molecule has 0 amide bonds. The Morgan fingerprint density at radius 1 is 0.917 bits per heavy atom. The smallest absolute Gasteiger partial charge is 0.229 e. The topological polar surface area (TPSA) is 49.8 Å². The Hall–Kier alpha value is -2.66. The van der Waals surface area contributed by atoms with Gasteiger partial charge >= 0.3 is 0 Å². The van der Waals surface area contributed by atoms with E-state index in [4.69, 9.17) is 11.6 Å². The van der Waals surface area contributed by atoms with Crippen LogP contribution >= 0.6 is 11.6 Å². The first-order valence-electron chi connectivity index (χ1n) is 7.42. The zero-order valence-electron chi connectivity index (χ0n) is 13.3. The molecule has 0 aliphatic carbocycles. The normalized spacial score (nSPS) is 10.5. The molecule has 0 unspecified atom stereocenters. The summed E-state index contributed by atoms with van der Waals surface area (Å²) in [7, 11) is 0. The largest absolute Gasteiger partial charge is 0.338 e. The number of para-hydroxylation sites is 1. The molecule has 2 N–H and O–H groups in total. The van der Waals surface area contributed by atoms with Gasteiger partial charge in [0, 0.05) is 22.5 Å². The Morgan fingerprint density at radius 3 is 2.50 bits per heavy atom. The van der Waals surface area contributed by atoms with Crippen molar-refractivity contribution in [3.05, 3.63) is 70.6 Å². The first kappa shape index (κ1) is 16.2. The van der Waals surface area contributed by atoms with E-state index < -0.39 is 0 Å². The van der Waals surface area contributed by atoms with Crippen LogP contribution in [0.2, 0.25) is 5.02 Å². The maximum absolute atomic E-state index is 13.8. The van der Waals surface area contributed by atoms with Crippen molar-refractivity contribution in [3.8, 4) is 0 Å². The molecule has 3 aromatic rings. The summed E-state index contributed by atoms with van der Waals surface area (Å²) >= 11 is 6.04. The number of nitrogens with zero attached hydrogens (tertiary/aromatic N) is 2. The molecular formula is C18H16ClFN4. The summed E-state index contributed by atoms with van der Waals surface area (Å²) in [6.07, 6.45) is 0. The first-order chi connectivity index (χ1) is 11.5. The molecule has 0 saturated carbocycles. The van der Waals surface area contributed by atoms with Crippen LogP contribution < -0.4 is 10.6 Å². The summed E-state index contributed by atoms with van der Waals surface area (Å²) in [5.74, 6) is 0.586. The number of hydrogen-bond donors (Lipinski definition) is 2. The lowest BCUT2D eigenvalue weighted by molar-refractivity contribution is 0.632. The van der Waals surface area contributed by atoms with E-state index in [9.17, 15) is 4.39 Å². The van der Waals surface area contributed by atoms with Gasteiger partial charge in [0.25, 0.3) is 0 Å². The molecular weight excluding hydrogens is 327 g/mol. The van der Waals surface area contributed by atoms with E-state index >= 15 is 0 Å². The number of anilines is 4. The molecule has 0 bridgehead atoms. The van der Waals surface area contributed by atoms with Gasteiger partial charge < -0.3 is 10.6 Å². The molecule has 1 aromatic heterocycles. The fourth-order valence-electron chi connectivity index (χ4n) is 2.24. The van der Waals surface area contributed by atoms with E-state index in [1.807, 2.05) is 32.0 Å². The van der Waals surface area contributed by atoms with Crippen LogP contribution in [0, 0.1) is 19.7 Å². The summed E-state index contributed by atoms with van der Waals surface area (Å²) in [6.45, 7) is 3.82. The third-order valence-electron chi connectivity index (χ3n) is 3.44. The van der Waals surface area contributed by atoms with Crippen molar-refractivity contribution in [1.82, 2.24) is 9.97 Å². The summed E-state index contributed by atoms with van der Waals surface area (Å²) in [5.41, 5.74) is 2.96. The zero-order chi connectivity index (χ0) is 17.1. The van der Waals surface area contributed by atoms with Gasteiger partial charge in [-0.25, -0.2) is 9.37 Å². The Morgan fingerprint density at radius 2 is 1.71 bits per heavy atom. The fourth-order valence-corrected chi connectivity index (χ4v) is 2.41. The molecule has 122 valence electrons. The standard InChI is InChI=1S/C18H16ClFN4/c1-11-7-8-13(19)10-16(11)23-18-21-12(2)9-17(24-18)22-15-6-4-3-5-14(15)20/h3-10H,1-2H3,(H2,21,22,23,24). The second-order valence-corrected chi connectivity index (χ2v) is 5.84. The van der Waals surface area contributed by atoms with Crippen LogP contribution in [-0.4, -0.2) is 9.97 Å². The van der Waals surface area contributed by atoms with Crippen molar-refractivity contribution in [1.29, 1.82) is 0 Å². The highest BCUT2D eigenvalue weighted by Crippen LogP contribution is 2.24. The van der Waals surface area contributed by atoms with Crippen molar-refractivity contribution in [2.24, 2.45) is 0 Å². The maximum atomic E-state index is 13.8. The minimum Gasteiger partial charge on any atom is -0.338 e. The Labute approximate surface area is 144 Å². The maximum Gasteiger partial charge on any atom is 0.229 e. The number of hydrogen-bond acceptors (Lipinski definition) is 4. The van der Waals surface area contributed by atoms with Crippen LogP contribution in [0.25, 0.3) is 0 Å². The van der Waals surface area contributed by atoms with Gasteiger partial charge in [-0.1, -0.05) is 29.8 Å². The van der Waals surface area contributed by atoms with E-state index in [0.717, 1.165) is 16.9 Å². The molecule has 6 heteroatoms. The van der Waals surface area contributed by atoms with E-state index in [2.05, 4.69) is 20.6 Å². The van der Waals surface area contributed by atoms with E-state index in [1.165, 1.54) is 6.07 Å². The van der Waals surface area contributed by atoms with Crippen LogP contribution in [0.1, 0.15) is 11.3 Å². The van der Waals surface area contributed by atoms with Crippen LogP contribution in [-0.2, 0) is 0 Å². The SMILES string of the molecule is Cc1cc(Nc2ccccc2F)nc(Nc2cc(Cl)ccc2C)n1. The van der Waals surface area contributed by atoms with E-state index in [1.54, 1.807) is 24.3 Å². The van der Waals surface area contributed by atoms with Crippen LogP contribution in [0.5, 0.6) is 0 Å². The van der Waals surface area contributed by atoms with Gasteiger partial charge in [0.15, 0.2) is 0 Å². The number of rotatable bonds is 4. The first-order valence-corrected chi connectivity index (χ1v) is 7.79. The van der Waals surface area contributed by atoms with Crippen molar-refractivity contribution < 1.29 is 4.39 Å². The highest BCUT2D eigenvalue weighted by atomic mass is 35.5. The van der Waals surface area contributed by atoms with Gasteiger partial charge in [-0.3, -0.25) is 0 Å². The molecule has 0 radical (unpaired) electrons. The summed E-state index contributed by atoms with van der Waals surface area (Å²) < 4.78 is 13.8. The molecule has 0 atom stereocenters. The Kier molecular flexibility index (Phi) is 4.62. The molecule has 4 nitrogen and oxygen atoms in total. The lowest BCUT2D eigenvalue weighted by atomic mass is 10.2. The number of aromatic nitrogens is 2. The van der Waals surface area contributed by atoms with Crippen LogP contribution in [0.4, 0.5) is 27.5 Å². The molecule has 0 aliphatic rings. The molecule has 0 saturated heterocycles. The molecule has 24 heavy (non-hydrogen) atoms. The fraction of sp³-hybridized carbons (Fsp3) is 0.111. The molecule has 1 heterocycles. The summed E-state index contributed by atoms with van der Waals surface area (Å²) in [5, 5.41) is 6.75.